The Morgan fingerprint density at radius 1 is 1.17 bits per heavy atom. The lowest BCUT2D eigenvalue weighted by Gasteiger charge is -2.16. The van der Waals surface area contributed by atoms with Gasteiger partial charge in [0.2, 0.25) is 0 Å². The van der Waals surface area contributed by atoms with Crippen LogP contribution in [0.3, 0.4) is 0 Å². The van der Waals surface area contributed by atoms with Crippen LogP contribution in [0.5, 0.6) is 0 Å². The fourth-order valence-corrected chi connectivity index (χ4v) is 2.90. The molecule has 10 nitrogen and oxygen atoms in total. The van der Waals surface area contributed by atoms with Gasteiger partial charge in [-0.3, -0.25) is 9.88 Å². The molecule has 1 aromatic heterocycles. The Kier molecular flexibility index (Phi) is 7.39. The van der Waals surface area contributed by atoms with Crippen molar-refractivity contribution in [1.29, 1.82) is 0 Å². The first kappa shape index (κ1) is 21.3. The maximum absolute atomic E-state index is 12.3. The first-order valence-corrected chi connectivity index (χ1v) is 9.57. The molecular weight excluding hydrogens is 394 g/mol. The summed E-state index contributed by atoms with van der Waals surface area (Å²) in [5.41, 5.74) is 0.267. The summed E-state index contributed by atoms with van der Waals surface area (Å²) >= 11 is 0. The van der Waals surface area contributed by atoms with E-state index >= 15 is 0 Å². The predicted octanol–water partition coefficient (Wildman–Crippen LogP) is 2.84. The van der Waals surface area contributed by atoms with E-state index in [0.29, 0.717) is 12.8 Å². The van der Waals surface area contributed by atoms with Crippen LogP contribution in [-0.2, 0) is 25.6 Å². The molecule has 0 saturated carbocycles. The fourth-order valence-electron chi connectivity index (χ4n) is 2.90. The molecule has 1 aliphatic rings. The van der Waals surface area contributed by atoms with Gasteiger partial charge in [0.1, 0.15) is 25.3 Å². The monoisotopic (exact) mass is 417 g/mol. The molecule has 1 N–H and O–H groups in total. The van der Waals surface area contributed by atoms with Gasteiger partial charge in [-0.1, -0.05) is 30.3 Å². The normalized spacial score (nSPS) is 17.9. The molecule has 2 atom stereocenters. The highest BCUT2D eigenvalue weighted by molar-refractivity contribution is 5.83. The third-order valence-electron chi connectivity index (χ3n) is 4.32. The molecule has 30 heavy (non-hydrogen) atoms. The van der Waals surface area contributed by atoms with Gasteiger partial charge in [0.25, 0.3) is 0 Å². The van der Waals surface area contributed by atoms with Gasteiger partial charge < -0.3 is 18.9 Å². The first-order valence-electron chi connectivity index (χ1n) is 9.57. The fraction of sp³-hybridized carbons (Fsp3) is 0.400. The molecule has 0 radical (unpaired) electrons. The van der Waals surface area contributed by atoms with Crippen molar-refractivity contribution in [3.05, 3.63) is 58.6 Å². The van der Waals surface area contributed by atoms with Crippen molar-refractivity contribution in [2.24, 2.45) is 0 Å². The van der Waals surface area contributed by atoms with Crippen molar-refractivity contribution in [2.45, 2.75) is 38.7 Å². The largest absolute Gasteiger partial charge is 0.508 e. The van der Waals surface area contributed by atoms with Crippen LogP contribution in [0, 0.1) is 0 Å². The molecule has 0 bridgehead atoms. The Bertz CT molecular complexity index is 916. The van der Waals surface area contributed by atoms with Crippen molar-refractivity contribution in [2.75, 3.05) is 18.5 Å². The summed E-state index contributed by atoms with van der Waals surface area (Å²) < 4.78 is 21.8. The lowest BCUT2D eigenvalue weighted by atomic mass is 10.2. The van der Waals surface area contributed by atoms with Gasteiger partial charge in [0.05, 0.1) is 12.7 Å². The summed E-state index contributed by atoms with van der Waals surface area (Å²) in [6.07, 6.45) is 0.334. The molecule has 10 heteroatoms. The maximum Gasteiger partial charge on any atom is 0.508 e. The highest BCUT2D eigenvalue weighted by Gasteiger charge is 2.28. The number of nitrogens with zero attached hydrogens (tertiary/aromatic N) is 2. The van der Waals surface area contributed by atoms with Gasteiger partial charge in [-0.15, -0.1) is 0 Å². The Morgan fingerprint density at radius 3 is 2.70 bits per heavy atom. The second-order valence-corrected chi connectivity index (χ2v) is 6.47. The number of benzene rings is 1. The van der Waals surface area contributed by atoms with E-state index in [9.17, 15) is 14.4 Å². The maximum atomic E-state index is 12.3. The molecule has 160 valence electrons. The number of aromatic nitrogens is 2. The zero-order valence-corrected chi connectivity index (χ0v) is 16.5. The van der Waals surface area contributed by atoms with E-state index in [1.54, 1.807) is 6.92 Å². The molecular formula is C20H23N3O7. The van der Waals surface area contributed by atoms with Crippen LogP contribution < -0.4 is 11.0 Å². The van der Waals surface area contributed by atoms with E-state index < -0.39 is 24.2 Å². The van der Waals surface area contributed by atoms with Gasteiger partial charge in [0, 0.05) is 6.20 Å². The average Bonchev–Trinajstić information content (AvgIpc) is 3.21. The number of carbonyl (C=O) groups excluding carboxylic acids is 2. The lowest BCUT2D eigenvalue weighted by molar-refractivity contribution is -0.0393. The smallest absolute Gasteiger partial charge is 0.444 e. The molecule has 0 aliphatic carbocycles. The SMILES string of the molecule is CCOC(=O)OC[C@@H]1CC[C@H](n2ccc(NC(=O)OCc3ccccc3)nc2=O)O1. The number of anilines is 1. The Balaban J connectivity index is 1.49. The van der Waals surface area contributed by atoms with Crippen LogP contribution in [0.1, 0.15) is 31.6 Å². The second-order valence-electron chi connectivity index (χ2n) is 6.47. The summed E-state index contributed by atoms with van der Waals surface area (Å²) in [6.45, 7) is 2.07. The summed E-state index contributed by atoms with van der Waals surface area (Å²) in [4.78, 5) is 39.3. The number of ether oxygens (including phenoxy) is 4. The molecule has 2 heterocycles. The van der Waals surface area contributed by atoms with E-state index in [4.69, 9.17) is 18.9 Å². The van der Waals surface area contributed by atoms with E-state index in [2.05, 4.69) is 10.3 Å². The van der Waals surface area contributed by atoms with E-state index in [1.165, 1.54) is 16.8 Å². The Labute approximate surface area is 172 Å². The van der Waals surface area contributed by atoms with Crippen molar-refractivity contribution in [1.82, 2.24) is 9.55 Å². The standard InChI is InChI=1S/C20H23N3O7/c1-2-27-20(26)29-13-15-8-9-17(30-15)23-11-10-16(21-18(23)24)22-19(25)28-12-14-6-4-3-5-7-14/h3-7,10-11,15,17H,2,8-9,12-13H2,1H3,(H,21,22,24,25)/t15-,17+/m0/s1. The molecule has 1 aromatic carbocycles. The second kappa shape index (κ2) is 10.4. The van der Waals surface area contributed by atoms with E-state index in [-0.39, 0.29) is 31.7 Å². The number of nitrogens with one attached hydrogen (secondary N) is 1. The molecule has 2 aromatic rings. The van der Waals surface area contributed by atoms with Gasteiger partial charge >= 0.3 is 17.9 Å². The summed E-state index contributed by atoms with van der Waals surface area (Å²) in [5.74, 6) is 0.0782. The zero-order valence-electron chi connectivity index (χ0n) is 16.5. The lowest BCUT2D eigenvalue weighted by Crippen LogP contribution is -2.29. The summed E-state index contributed by atoms with van der Waals surface area (Å²) in [7, 11) is 0. The quantitative estimate of drug-likeness (QED) is 0.683. The van der Waals surface area contributed by atoms with Crippen LogP contribution in [0.25, 0.3) is 0 Å². The third-order valence-corrected chi connectivity index (χ3v) is 4.32. The van der Waals surface area contributed by atoms with Crippen LogP contribution in [0.4, 0.5) is 15.4 Å². The summed E-state index contributed by atoms with van der Waals surface area (Å²) in [6, 6.07) is 10.7. The zero-order chi connectivity index (χ0) is 21.3. The highest BCUT2D eigenvalue weighted by Crippen LogP contribution is 2.27. The van der Waals surface area contributed by atoms with Crippen LogP contribution in [0.2, 0.25) is 0 Å². The van der Waals surface area contributed by atoms with E-state index in [1.807, 2.05) is 30.3 Å². The average molecular weight is 417 g/mol. The first-order chi connectivity index (χ1) is 14.5. The Hall–Kier alpha value is -3.40. The molecule has 1 fully saturated rings. The van der Waals surface area contributed by atoms with Crippen molar-refractivity contribution in [3.8, 4) is 0 Å². The van der Waals surface area contributed by atoms with E-state index in [0.717, 1.165) is 5.56 Å². The van der Waals surface area contributed by atoms with Crippen molar-refractivity contribution in [3.63, 3.8) is 0 Å². The Morgan fingerprint density at radius 2 is 1.97 bits per heavy atom. The number of hydrogen-bond donors (Lipinski definition) is 1. The number of rotatable bonds is 7. The number of carbonyl (C=O) groups is 2. The van der Waals surface area contributed by atoms with Crippen molar-refractivity contribution < 1.29 is 28.5 Å². The summed E-state index contributed by atoms with van der Waals surface area (Å²) in [5, 5.41) is 2.43. The van der Waals surface area contributed by atoms with Crippen LogP contribution in [-0.4, -0.2) is 41.1 Å². The third kappa shape index (κ3) is 6.05. The molecule has 1 amide bonds. The topological polar surface area (TPSA) is 118 Å². The van der Waals surface area contributed by atoms with Crippen LogP contribution >= 0.6 is 0 Å². The van der Waals surface area contributed by atoms with Crippen LogP contribution in [0.15, 0.2) is 47.4 Å². The molecule has 1 saturated heterocycles. The van der Waals surface area contributed by atoms with Gasteiger partial charge in [-0.05, 0) is 31.4 Å². The number of amides is 1. The van der Waals surface area contributed by atoms with Gasteiger partial charge in [-0.25, -0.2) is 14.4 Å². The molecule has 3 rings (SSSR count). The minimum Gasteiger partial charge on any atom is -0.444 e. The number of hydrogen-bond acceptors (Lipinski definition) is 8. The molecule has 1 aliphatic heterocycles. The van der Waals surface area contributed by atoms with Gasteiger partial charge in [-0.2, -0.15) is 4.98 Å². The minimum absolute atomic E-state index is 0.0460. The van der Waals surface area contributed by atoms with Crippen molar-refractivity contribution >= 4 is 18.1 Å². The molecule has 0 spiro atoms. The molecule has 0 unspecified atom stereocenters. The predicted molar refractivity (Wildman–Crippen MR) is 105 cm³/mol. The van der Waals surface area contributed by atoms with Gasteiger partial charge in [0.15, 0.2) is 0 Å². The highest BCUT2D eigenvalue weighted by atomic mass is 16.7. The minimum atomic E-state index is -0.752.